The van der Waals surface area contributed by atoms with Crippen molar-refractivity contribution in [3.05, 3.63) is 138 Å². The normalized spacial score (nSPS) is 16.8. The van der Waals surface area contributed by atoms with E-state index in [9.17, 15) is 30.8 Å². The molecule has 3 heterocycles. The number of amides is 1. The first kappa shape index (κ1) is 44.3. The minimum Gasteiger partial charge on any atom is -0.497 e. The second-order valence-corrected chi connectivity index (χ2v) is 19.0. The van der Waals surface area contributed by atoms with Gasteiger partial charge in [-0.1, -0.05) is 29.8 Å². The molecule has 1 N–H and O–H groups in total. The van der Waals surface area contributed by atoms with Crippen molar-refractivity contribution in [3.8, 4) is 11.4 Å². The summed E-state index contributed by atoms with van der Waals surface area (Å²) in [6.07, 6.45) is -2.68. The van der Waals surface area contributed by atoms with Crippen LogP contribution < -0.4 is 19.9 Å². The zero-order chi connectivity index (χ0) is 46.4. The van der Waals surface area contributed by atoms with Gasteiger partial charge in [0.05, 0.1) is 58.5 Å². The van der Waals surface area contributed by atoms with E-state index < -0.39 is 87.7 Å². The lowest BCUT2D eigenvalue weighted by Gasteiger charge is -2.24. The zero-order valence-corrected chi connectivity index (χ0v) is 37.3. The average Bonchev–Trinajstić information content (AvgIpc) is 3.76. The van der Waals surface area contributed by atoms with Gasteiger partial charge in [-0.3, -0.25) is 23.5 Å². The second kappa shape index (κ2) is 16.2. The van der Waals surface area contributed by atoms with Crippen LogP contribution in [-0.2, 0) is 47.3 Å². The molecule has 7 aromatic rings. The van der Waals surface area contributed by atoms with Gasteiger partial charge in [0.15, 0.2) is 5.82 Å². The molecule has 2 aliphatic carbocycles. The van der Waals surface area contributed by atoms with Crippen molar-refractivity contribution in [2.45, 2.75) is 50.2 Å². The summed E-state index contributed by atoms with van der Waals surface area (Å²) in [6, 6.07) is 15.3. The summed E-state index contributed by atoms with van der Waals surface area (Å²) in [5, 5.41) is 11.2. The van der Waals surface area contributed by atoms with Gasteiger partial charge < -0.3 is 10.1 Å². The summed E-state index contributed by atoms with van der Waals surface area (Å²) in [5.41, 5.74) is -1.90. The van der Waals surface area contributed by atoms with Gasteiger partial charge in [0.2, 0.25) is 15.9 Å². The molecule has 0 spiro atoms. The number of aryl methyl sites for hydroxylation is 1. The average molecular weight is 1000 g/mol. The summed E-state index contributed by atoms with van der Waals surface area (Å²) in [6.45, 7) is -1.18. The van der Waals surface area contributed by atoms with Crippen LogP contribution in [0.1, 0.15) is 58.7 Å². The highest BCUT2D eigenvalue weighted by molar-refractivity contribution is 9.10. The van der Waals surface area contributed by atoms with Gasteiger partial charge >= 0.3 is 0 Å². The van der Waals surface area contributed by atoms with Crippen molar-refractivity contribution < 1.29 is 44.3 Å². The lowest BCUT2D eigenvalue weighted by Crippen LogP contribution is -2.38. The molecule has 9 rings (SSSR count). The summed E-state index contributed by atoms with van der Waals surface area (Å²) in [4.78, 5) is 34.0. The number of halogens is 8. The Morgan fingerprint density at radius 2 is 1.74 bits per heavy atom. The monoisotopic (exact) mass is 1000 g/mol. The van der Waals surface area contributed by atoms with Crippen molar-refractivity contribution in [2.75, 3.05) is 17.7 Å². The van der Waals surface area contributed by atoms with Gasteiger partial charge in [0.1, 0.15) is 41.1 Å². The number of rotatable bonds is 13. The van der Waals surface area contributed by atoms with Crippen LogP contribution in [0.25, 0.3) is 27.5 Å². The summed E-state index contributed by atoms with van der Waals surface area (Å²) >= 11 is 10.3. The highest BCUT2D eigenvalue weighted by Gasteiger charge is 2.67. The number of carbonyl (C=O) groups is 1. The molecule has 22 heteroatoms. The third-order valence-corrected chi connectivity index (χ3v) is 13.7. The molecule has 1 saturated carbocycles. The number of carbonyl (C=O) groups excluding carboxylic acids is 1. The van der Waals surface area contributed by atoms with Crippen LogP contribution in [0.3, 0.4) is 0 Å². The van der Waals surface area contributed by atoms with E-state index >= 15 is 13.6 Å². The molecule has 2 aliphatic rings. The minimum absolute atomic E-state index is 0.00373. The first-order chi connectivity index (χ1) is 30.8. The Hall–Kier alpha value is -5.93. The lowest BCUT2D eigenvalue weighted by atomic mass is 10.0. The molecule has 0 bridgehead atoms. The Labute approximate surface area is 378 Å². The number of hydrogen-bond acceptors (Lipinski definition) is 8. The maximum Gasteiger partial charge on any atom is 0.293 e. The fourth-order valence-electron chi connectivity index (χ4n) is 8.74. The molecule has 4 aromatic carbocycles. The van der Waals surface area contributed by atoms with Gasteiger partial charge in [-0.2, -0.15) is 19.0 Å². The van der Waals surface area contributed by atoms with Gasteiger partial charge in [-0.25, -0.2) is 35.3 Å². The Balaban J connectivity index is 1.23. The molecule has 13 nitrogen and oxygen atoms in total. The number of fused-ring (bicyclic) bond motifs is 5. The predicted octanol–water partition coefficient (Wildman–Crippen LogP) is 8.38. The third-order valence-electron chi connectivity index (χ3n) is 11.6. The molecule has 0 radical (unpaired) electrons. The van der Waals surface area contributed by atoms with E-state index in [4.69, 9.17) is 21.3 Å². The number of ether oxygens (including phenoxy) is 1. The van der Waals surface area contributed by atoms with Gasteiger partial charge in [-0.15, -0.1) is 0 Å². The fourth-order valence-corrected chi connectivity index (χ4v) is 10.3. The summed E-state index contributed by atoms with van der Waals surface area (Å²) in [5.74, 6) is -8.39. The molecule has 1 amide bonds. The molecular formula is C43H34BrClF6N8O5S. The van der Waals surface area contributed by atoms with E-state index in [-0.39, 0.29) is 68.3 Å². The largest absolute Gasteiger partial charge is 0.497 e. The summed E-state index contributed by atoms with van der Waals surface area (Å²) < 4.78 is 126. The van der Waals surface area contributed by atoms with E-state index in [1.165, 1.54) is 37.0 Å². The first-order valence-corrected chi connectivity index (χ1v) is 22.8. The number of methoxy groups -OCH3 is 1. The topological polar surface area (TPSA) is 146 Å². The SMILES string of the molecule is COc1ccc(CN(c2nn(C)c3c(-n4c(C(Cc5cc(F)cc(F)c5)NC(=O)Cn5nc(C(F)F)c6c5C(F)(F)[C@@H]5C[C@H]65)nc5cccc(Br)c5c4=O)ccc(Cl)c23)S(C)(=O)=O)cc1. The molecule has 3 atom stereocenters. The maximum absolute atomic E-state index is 15.5. The Bertz CT molecular complexity index is 3250. The fraction of sp³-hybridized carbons (Fsp3) is 0.279. The predicted molar refractivity (Wildman–Crippen MR) is 231 cm³/mol. The first-order valence-electron chi connectivity index (χ1n) is 19.8. The van der Waals surface area contributed by atoms with Crippen molar-refractivity contribution in [2.24, 2.45) is 13.0 Å². The number of anilines is 1. The van der Waals surface area contributed by atoms with Crippen molar-refractivity contribution in [1.82, 2.24) is 34.4 Å². The molecule has 65 heavy (non-hydrogen) atoms. The standard InChI is InChI=1S/C43H34BrClF6N8O5S/c1-56-37-31(12-11-28(45)35(37)41(55-56)58(65(3,62)63)18-20-7-9-24(64-2)10-8-20)59-40(53-29-6-4-5-27(44)34(29)42(59)61)30(15-21-13-22(46)16-23(47)14-21)52-32(60)19-57-38-33(36(54-57)39(48)49)25-17-26(25)43(38,50)51/h4-14,16,25-26,30,39H,15,17-19H2,1-3H3,(H,52,60)/t25-,26+,30?/m0/s1. The van der Waals surface area contributed by atoms with Crippen molar-refractivity contribution in [3.63, 3.8) is 0 Å². The van der Waals surface area contributed by atoms with E-state index in [0.29, 0.717) is 26.5 Å². The van der Waals surface area contributed by atoms with Crippen LogP contribution in [0, 0.1) is 17.6 Å². The van der Waals surface area contributed by atoms with Gasteiger partial charge in [0, 0.05) is 35.5 Å². The maximum atomic E-state index is 15.5. The Morgan fingerprint density at radius 1 is 1.03 bits per heavy atom. The molecule has 1 fully saturated rings. The minimum atomic E-state index is -4.09. The molecule has 0 saturated heterocycles. The number of alkyl halides is 4. The number of nitrogens with zero attached hydrogens (tertiary/aromatic N) is 7. The van der Waals surface area contributed by atoms with Crippen molar-refractivity contribution in [1.29, 1.82) is 0 Å². The van der Waals surface area contributed by atoms with Crippen LogP contribution in [0.5, 0.6) is 5.75 Å². The second-order valence-electron chi connectivity index (χ2n) is 15.9. The third kappa shape index (κ3) is 7.79. The van der Waals surface area contributed by atoms with Gasteiger partial charge in [-0.05, 0) is 87.9 Å². The van der Waals surface area contributed by atoms with E-state index in [0.717, 1.165) is 27.3 Å². The molecule has 0 aliphatic heterocycles. The quantitative estimate of drug-likeness (QED) is 0.114. The molecule has 3 aromatic heterocycles. The van der Waals surface area contributed by atoms with Gasteiger partial charge in [0.25, 0.3) is 17.9 Å². The van der Waals surface area contributed by atoms with E-state index in [1.54, 1.807) is 36.4 Å². The Morgan fingerprint density at radius 3 is 2.40 bits per heavy atom. The van der Waals surface area contributed by atoms with E-state index in [2.05, 4.69) is 31.4 Å². The molecule has 1 unspecified atom stereocenters. The number of hydrogen-bond donors (Lipinski definition) is 1. The van der Waals surface area contributed by atoms with Crippen LogP contribution in [-0.4, -0.2) is 56.8 Å². The highest BCUT2D eigenvalue weighted by atomic mass is 79.9. The van der Waals surface area contributed by atoms with Crippen LogP contribution in [0.4, 0.5) is 32.2 Å². The van der Waals surface area contributed by atoms with E-state index in [1.807, 2.05) is 0 Å². The highest BCUT2D eigenvalue weighted by Crippen LogP contribution is 2.68. The summed E-state index contributed by atoms with van der Waals surface area (Å²) in [7, 11) is -1.12. The van der Waals surface area contributed by atoms with Crippen LogP contribution in [0.15, 0.2) is 82.1 Å². The number of benzene rings is 4. The smallest absolute Gasteiger partial charge is 0.293 e. The lowest BCUT2D eigenvalue weighted by molar-refractivity contribution is -0.123. The number of aromatic nitrogens is 6. The molecular weight excluding hydrogens is 970 g/mol. The number of sulfonamides is 1. The zero-order valence-electron chi connectivity index (χ0n) is 34.2. The number of nitrogens with one attached hydrogen (secondary N) is 1. The van der Waals surface area contributed by atoms with Crippen LogP contribution in [0.2, 0.25) is 5.02 Å². The Kier molecular flexibility index (Phi) is 11.0. The molecule has 338 valence electrons. The van der Waals surface area contributed by atoms with Crippen molar-refractivity contribution >= 4 is 71.1 Å². The van der Waals surface area contributed by atoms with Crippen LogP contribution >= 0.6 is 27.5 Å².